The first-order valence-electron chi connectivity index (χ1n) is 12.5. The number of para-hydroxylation sites is 4. The van der Waals surface area contributed by atoms with Crippen molar-refractivity contribution in [1.82, 2.24) is 0 Å². The van der Waals surface area contributed by atoms with Crippen LogP contribution in [-0.4, -0.2) is 0 Å². The fourth-order valence-corrected chi connectivity index (χ4v) is 4.82. The number of benzene rings is 5. The smallest absolute Gasteiger partial charge is 0.0490 e. The Kier molecular flexibility index (Phi) is 6.60. The zero-order valence-electron chi connectivity index (χ0n) is 21.4. The van der Waals surface area contributed by atoms with E-state index in [4.69, 9.17) is 0 Å². The van der Waals surface area contributed by atoms with Gasteiger partial charge in [-0.2, -0.15) is 0 Å². The zero-order valence-corrected chi connectivity index (χ0v) is 21.4. The summed E-state index contributed by atoms with van der Waals surface area (Å²) in [5.41, 5.74) is 12.0. The predicted molar refractivity (Wildman–Crippen MR) is 155 cm³/mol. The van der Waals surface area contributed by atoms with Crippen molar-refractivity contribution in [1.29, 1.82) is 0 Å². The number of nitrogens with zero attached hydrogens (tertiary/aromatic N) is 2. The third-order valence-corrected chi connectivity index (χ3v) is 6.79. The number of hydrogen-bond donors (Lipinski definition) is 0. The molecule has 0 unspecified atom stereocenters. The van der Waals surface area contributed by atoms with E-state index >= 15 is 0 Å². The maximum absolute atomic E-state index is 2.36. The zero-order chi connectivity index (χ0) is 25.1. The third-order valence-electron chi connectivity index (χ3n) is 6.79. The minimum absolute atomic E-state index is 1.14. The second-order valence-electron chi connectivity index (χ2n) is 9.33. The van der Waals surface area contributed by atoms with Crippen LogP contribution in [0.3, 0.4) is 0 Å². The van der Waals surface area contributed by atoms with Crippen LogP contribution >= 0.6 is 0 Å². The predicted octanol–water partition coefficient (Wildman–Crippen LogP) is 9.86. The number of aryl methyl sites for hydroxylation is 4. The Hall–Kier alpha value is -4.30. The lowest BCUT2D eigenvalue weighted by Crippen LogP contribution is -2.14. The van der Waals surface area contributed by atoms with Crippen molar-refractivity contribution in [2.75, 3.05) is 9.80 Å². The quantitative estimate of drug-likeness (QED) is 0.245. The summed E-state index contributed by atoms with van der Waals surface area (Å²) in [5, 5.41) is 0. The highest BCUT2D eigenvalue weighted by molar-refractivity contribution is 5.84. The first kappa shape index (κ1) is 23.4. The van der Waals surface area contributed by atoms with Crippen LogP contribution < -0.4 is 9.80 Å². The van der Waals surface area contributed by atoms with Gasteiger partial charge in [0.05, 0.1) is 0 Å². The van der Waals surface area contributed by atoms with Gasteiger partial charge in [0, 0.05) is 34.1 Å². The van der Waals surface area contributed by atoms with Crippen LogP contribution in [0.25, 0.3) is 0 Å². The average Bonchev–Trinajstić information content (AvgIpc) is 2.89. The van der Waals surface area contributed by atoms with E-state index in [1.807, 2.05) is 0 Å². The number of anilines is 6. The fourth-order valence-electron chi connectivity index (χ4n) is 4.82. The van der Waals surface area contributed by atoms with Gasteiger partial charge in [-0.05, 0) is 98.5 Å². The Morgan fingerprint density at radius 1 is 0.306 bits per heavy atom. The van der Waals surface area contributed by atoms with E-state index in [1.165, 1.54) is 45.0 Å². The van der Waals surface area contributed by atoms with E-state index in [2.05, 4.69) is 159 Å². The summed E-state index contributed by atoms with van der Waals surface area (Å²) < 4.78 is 0. The molecule has 0 aliphatic heterocycles. The highest BCUT2D eigenvalue weighted by atomic mass is 15.2. The summed E-state index contributed by atoms with van der Waals surface area (Å²) >= 11 is 0. The standard InChI is InChI=1S/C34H32N2/c1-25-13-5-9-17-31(25)35(32-18-10-6-14-26(32)2)29-21-23-30(24-22-29)36(33-19-11-7-15-27(33)3)34-20-12-8-16-28(34)4/h5-24H,1-4H3. The molecule has 5 rings (SSSR count). The fraction of sp³-hybridized carbons (Fsp3) is 0.118. The Bertz CT molecular complexity index is 1280. The molecule has 0 N–H and O–H groups in total. The van der Waals surface area contributed by atoms with Crippen LogP contribution in [-0.2, 0) is 0 Å². The van der Waals surface area contributed by atoms with Crippen LogP contribution in [0.2, 0.25) is 0 Å². The molecular formula is C34H32N2. The van der Waals surface area contributed by atoms with Gasteiger partial charge in [-0.3, -0.25) is 0 Å². The Morgan fingerprint density at radius 3 is 0.750 bits per heavy atom. The molecule has 0 amide bonds. The topological polar surface area (TPSA) is 6.48 Å². The molecule has 0 fully saturated rings. The van der Waals surface area contributed by atoms with Gasteiger partial charge in [-0.15, -0.1) is 0 Å². The van der Waals surface area contributed by atoms with Crippen LogP contribution in [0.15, 0.2) is 121 Å². The van der Waals surface area contributed by atoms with E-state index in [-0.39, 0.29) is 0 Å². The van der Waals surface area contributed by atoms with E-state index in [9.17, 15) is 0 Å². The molecule has 5 aromatic rings. The number of hydrogen-bond acceptors (Lipinski definition) is 2. The lowest BCUT2D eigenvalue weighted by atomic mass is 10.1. The molecule has 0 atom stereocenters. The summed E-state index contributed by atoms with van der Waals surface area (Å²) in [6.07, 6.45) is 0. The molecule has 0 saturated carbocycles. The van der Waals surface area contributed by atoms with Crippen molar-refractivity contribution < 1.29 is 0 Å². The molecular weight excluding hydrogens is 436 g/mol. The van der Waals surface area contributed by atoms with Crippen molar-refractivity contribution in [2.45, 2.75) is 27.7 Å². The molecule has 5 aromatic carbocycles. The third kappa shape index (κ3) is 4.50. The molecule has 0 bridgehead atoms. The van der Waals surface area contributed by atoms with E-state index < -0.39 is 0 Å². The molecule has 0 heterocycles. The maximum atomic E-state index is 2.36. The summed E-state index contributed by atoms with van der Waals surface area (Å²) in [5.74, 6) is 0. The first-order valence-corrected chi connectivity index (χ1v) is 12.5. The monoisotopic (exact) mass is 468 g/mol. The minimum atomic E-state index is 1.14. The minimum Gasteiger partial charge on any atom is -0.310 e. The molecule has 0 aliphatic carbocycles. The van der Waals surface area contributed by atoms with Gasteiger partial charge in [0.2, 0.25) is 0 Å². The summed E-state index contributed by atoms with van der Waals surface area (Å²) in [6.45, 7) is 8.69. The van der Waals surface area contributed by atoms with Gasteiger partial charge in [0.15, 0.2) is 0 Å². The van der Waals surface area contributed by atoms with Gasteiger partial charge in [-0.25, -0.2) is 0 Å². The second-order valence-corrected chi connectivity index (χ2v) is 9.33. The summed E-state index contributed by atoms with van der Waals surface area (Å²) in [6, 6.07) is 43.3. The van der Waals surface area contributed by atoms with E-state index in [1.54, 1.807) is 0 Å². The molecule has 0 spiro atoms. The van der Waals surface area contributed by atoms with Gasteiger partial charge < -0.3 is 9.80 Å². The van der Waals surface area contributed by atoms with Crippen molar-refractivity contribution in [2.24, 2.45) is 0 Å². The summed E-state index contributed by atoms with van der Waals surface area (Å²) in [7, 11) is 0. The highest BCUT2D eigenvalue weighted by Crippen LogP contribution is 2.41. The molecule has 36 heavy (non-hydrogen) atoms. The number of rotatable bonds is 6. The first-order chi connectivity index (χ1) is 17.5. The molecule has 2 heteroatoms. The highest BCUT2D eigenvalue weighted by Gasteiger charge is 2.19. The van der Waals surface area contributed by atoms with Crippen LogP contribution in [0.4, 0.5) is 34.1 Å². The van der Waals surface area contributed by atoms with Crippen molar-refractivity contribution in [3.05, 3.63) is 144 Å². The Labute approximate surface area is 215 Å². The second kappa shape index (κ2) is 10.1. The molecule has 0 aromatic heterocycles. The lowest BCUT2D eigenvalue weighted by Gasteiger charge is -2.31. The van der Waals surface area contributed by atoms with Crippen LogP contribution in [0.1, 0.15) is 22.3 Å². The normalized spacial score (nSPS) is 10.8. The van der Waals surface area contributed by atoms with Gasteiger partial charge in [0.1, 0.15) is 0 Å². The van der Waals surface area contributed by atoms with Gasteiger partial charge in [-0.1, -0.05) is 72.8 Å². The van der Waals surface area contributed by atoms with Gasteiger partial charge in [0.25, 0.3) is 0 Å². The van der Waals surface area contributed by atoms with Crippen molar-refractivity contribution in [3.63, 3.8) is 0 Å². The molecule has 0 aliphatic rings. The molecule has 2 nitrogen and oxygen atoms in total. The molecule has 0 saturated heterocycles. The Morgan fingerprint density at radius 2 is 0.528 bits per heavy atom. The van der Waals surface area contributed by atoms with Crippen molar-refractivity contribution in [3.8, 4) is 0 Å². The van der Waals surface area contributed by atoms with Crippen molar-refractivity contribution >= 4 is 34.1 Å². The molecule has 0 radical (unpaired) electrons. The van der Waals surface area contributed by atoms with Crippen LogP contribution in [0.5, 0.6) is 0 Å². The van der Waals surface area contributed by atoms with Gasteiger partial charge >= 0.3 is 0 Å². The van der Waals surface area contributed by atoms with E-state index in [0.717, 1.165) is 11.4 Å². The average molecular weight is 469 g/mol. The largest absolute Gasteiger partial charge is 0.310 e. The van der Waals surface area contributed by atoms with Crippen LogP contribution in [0, 0.1) is 27.7 Å². The molecule has 178 valence electrons. The summed E-state index contributed by atoms with van der Waals surface area (Å²) in [4.78, 5) is 4.72. The maximum Gasteiger partial charge on any atom is 0.0490 e. The lowest BCUT2D eigenvalue weighted by molar-refractivity contribution is 1.21. The Balaban J connectivity index is 1.64. The SMILES string of the molecule is Cc1ccccc1N(c1ccc(N(c2ccccc2C)c2ccccc2C)cc1)c1ccccc1C. The van der Waals surface area contributed by atoms with E-state index in [0.29, 0.717) is 0 Å².